The van der Waals surface area contributed by atoms with E-state index in [1.165, 1.54) is 18.0 Å². The Bertz CT molecular complexity index is 833. The molecule has 0 saturated carbocycles. The van der Waals surface area contributed by atoms with Gasteiger partial charge in [-0.15, -0.1) is 0 Å². The van der Waals surface area contributed by atoms with Crippen LogP contribution in [0.15, 0.2) is 46.8 Å². The van der Waals surface area contributed by atoms with Gasteiger partial charge in [0, 0.05) is 29.1 Å². The molecular weight excluding hydrogens is 410 g/mol. The van der Waals surface area contributed by atoms with Crippen LogP contribution < -0.4 is 0 Å². The van der Waals surface area contributed by atoms with Gasteiger partial charge in [-0.05, 0) is 49.6 Å². The summed E-state index contributed by atoms with van der Waals surface area (Å²) < 4.78 is 21.9. The summed E-state index contributed by atoms with van der Waals surface area (Å²) in [5.74, 6) is -0.0939. The minimum atomic E-state index is -1.12. The third-order valence-corrected chi connectivity index (χ3v) is 6.51. The van der Waals surface area contributed by atoms with Gasteiger partial charge in [0.05, 0.1) is 29.7 Å². The average molecular weight is 429 g/mol. The van der Waals surface area contributed by atoms with E-state index in [0.717, 1.165) is 4.90 Å². The third kappa shape index (κ3) is 4.44. The molecule has 0 aromatic heterocycles. The van der Waals surface area contributed by atoms with Crippen molar-refractivity contribution in [3.63, 3.8) is 0 Å². The van der Waals surface area contributed by atoms with Crippen molar-refractivity contribution in [2.75, 3.05) is 26.3 Å². The molecule has 1 aliphatic carbocycles. The second-order valence-electron chi connectivity index (χ2n) is 7.16. The summed E-state index contributed by atoms with van der Waals surface area (Å²) in [5, 5.41) is 20.0. The van der Waals surface area contributed by atoms with E-state index in [9.17, 15) is 9.50 Å². The van der Waals surface area contributed by atoms with Crippen LogP contribution in [-0.2, 0) is 4.74 Å². The van der Waals surface area contributed by atoms with Gasteiger partial charge in [0.25, 0.3) is 0 Å². The number of hydrogen-bond acceptors (Lipinski definition) is 5. The molecule has 0 bridgehead atoms. The Morgan fingerprint density at radius 2 is 2.15 bits per heavy atom. The van der Waals surface area contributed by atoms with Crippen molar-refractivity contribution >= 4 is 35.1 Å². The molecular formula is C19H19Cl2FN2O2S. The van der Waals surface area contributed by atoms with Gasteiger partial charge in [-0.25, -0.2) is 8.70 Å². The van der Waals surface area contributed by atoms with Crippen LogP contribution >= 0.6 is 35.1 Å². The molecule has 1 unspecified atom stereocenters. The Morgan fingerprint density at radius 1 is 1.41 bits per heavy atom. The number of aliphatic hydroxyl groups excluding tert-OH is 1. The summed E-state index contributed by atoms with van der Waals surface area (Å²) >= 11 is 13.6. The van der Waals surface area contributed by atoms with Gasteiger partial charge in [-0.2, -0.15) is 5.26 Å². The summed E-state index contributed by atoms with van der Waals surface area (Å²) in [7, 11) is 0. The lowest BCUT2D eigenvalue weighted by molar-refractivity contribution is -0.0397. The molecule has 1 N–H and O–H groups in total. The van der Waals surface area contributed by atoms with E-state index < -0.39 is 16.7 Å². The third-order valence-electron chi connectivity index (χ3n) is 4.78. The fraction of sp³-hybridized carbons (Fsp3) is 0.421. The van der Waals surface area contributed by atoms with Crippen LogP contribution in [0, 0.1) is 22.2 Å². The normalized spacial score (nSPS) is 24.4. The SMILES string of the molecule is CC1(C#N)CC=C(OCC2(CO)CN(Sc3ccc(Cl)cc3Cl)C2)C=C1F. The minimum absolute atomic E-state index is 0.0339. The number of benzene rings is 1. The quantitative estimate of drug-likeness (QED) is 0.647. The number of halogens is 3. The lowest BCUT2D eigenvalue weighted by atomic mass is 9.83. The molecule has 144 valence electrons. The molecule has 27 heavy (non-hydrogen) atoms. The number of rotatable bonds is 6. The summed E-state index contributed by atoms with van der Waals surface area (Å²) in [6, 6.07) is 7.31. The molecule has 1 saturated heterocycles. The highest BCUT2D eigenvalue weighted by atomic mass is 35.5. The zero-order valence-electron chi connectivity index (χ0n) is 14.7. The monoisotopic (exact) mass is 428 g/mol. The van der Waals surface area contributed by atoms with Gasteiger partial charge in [0.15, 0.2) is 0 Å². The van der Waals surface area contributed by atoms with Gasteiger partial charge in [0.2, 0.25) is 0 Å². The van der Waals surface area contributed by atoms with E-state index in [-0.39, 0.29) is 19.6 Å². The van der Waals surface area contributed by atoms with Crippen LogP contribution in [-0.4, -0.2) is 35.7 Å². The smallest absolute Gasteiger partial charge is 0.124 e. The highest BCUT2D eigenvalue weighted by Crippen LogP contribution is 2.42. The highest BCUT2D eigenvalue weighted by Gasteiger charge is 2.44. The standard InChI is InChI=1S/C19H19Cl2FN2O2S/c1-18(8-23)5-4-14(7-17(18)22)26-12-19(11-25)9-24(10-19)27-16-3-2-13(20)6-15(16)21/h2-4,6-7,25H,5,9-12H2,1H3. The van der Waals surface area contributed by atoms with Crippen molar-refractivity contribution in [2.24, 2.45) is 10.8 Å². The second-order valence-corrected chi connectivity index (χ2v) is 9.14. The first-order chi connectivity index (χ1) is 12.8. The summed E-state index contributed by atoms with van der Waals surface area (Å²) in [4.78, 5) is 0.893. The van der Waals surface area contributed by atoms with Gasteiger partial charge in [-0.3, -0.25) is 0 Å². The number of aliphatic hydroxyl groups is 1. The molecule has 1 fully saturated rings. The van der Waals surface area contributed by atoms with E-state index in [4.69, 9.17) is 33.2 Å². The van der Waals surface area contributed by atoms with Crippen LogP contribution in [0.2, 0.25) is 10.0 Å². The molecule has 1 aromatic rings. The minimum Gasteiger partial charge on any atom is -0.493 e. The molecule has 2 aliphatic rings. The van der Waals surface area contributed by atoms with E-state index >= 15 is 0 Å². The zero-order valence-corrected chi connectivity index (χ0v) is 17.0. The number of allylic oxidation sites excluding steroid dienone is 3. The maximum Gasteiger partial charge on any atom is 0.124 e. The van der Waals surface area contributed by atoms with Gasteiger partial charge < -0.3 is 9.84 Å². The van der Waals surface area contributed by atoms with Crippen molar-refractivity contribution in [3.05, 3.63) is 52.0 Å². The molecule has 1 heterocycles. The van der Waals surface area contributed by atoms with Gasteiger partial charge >= 0.3 is 0 Å². The Morgan fingerprint density at radius 3 is 2.74 bits per heavy atom. The van der Waals surface area contributed by atoms with Gasteiger partial charge in [-0.1, -0.05) is 23.2 Å². The average Bonchev–Trinajstić information content (AvgIpc) is 2.61. The topological polar surface area (TPSA) is 56.5 Å². The van der Waals surface area contributed by atoms with E-state index in [1.807, 2.05) is 12.1 Å². The van der Waals surface area contributed by atoms with Crippen LogP contribution in [0.3, 0.4) is 0 Å². The number of nitriles is 1. The number of ether oxygens (including phenoxy) is 1. The summed E-state index contributed by atoms with van der Waals surface area (Å²) in [5.41, 5.74) is -1.53. The first kappa shape index (κ1) is 20.5. The largest absolute Gasteiger partial charge is 0.493 e. The lowest BCUT2D eigenvalue weighted by Gasteiger charge is -2.48. The predicted octanol–water partition coefficient (Wildman–Crippen LogP) is 4.98. The molecule has 1 aliphatic heterocycles. The lowest BCUT2D eigenvalue weighted by Crippen LogP contribution is -2.57. The van der Waals surface area contributed by atoms with Crippen LogP contribution in [0.25, 0.3) is 0 Å². The molecule has 3 rings (SSSR count). The van der Waals surface area contributed by atoms with Crippen molar-refractivity contribution < 1.29 is 14.2 Å². The van der Waals surface area contributed by atoms with Crippen molar-refractivity contribution in [2.45, 2.75) is 18.2 Å². The zero-order chi connectivity index (χ0) is 19.7. The van der Waals surface area contributed by atoms with Crippen LogP contribution in [0.5, 0.6) is 0 Å². The van der Waals surface area contributed by atoms with Crippen molar-refractivity contribution in [1.29, 1.82) is 5.26 Å². The predicted molar refractivity (Wildman–Crippen MR) is 105 cm³/mol. The molecule has 4 nitrogen and oxygen atoms in total. The number of hydrogen-bond donors (Lipinski definition) is 1. The summed E-state index contributed by atoms with van der Waals surface area (Å²) in [6.07, 6.45) is 3.25. The fourth-order valence-corrected chi connectivity index (χ4v) is 4.62. The molecule has 0 radical (unpaired) electrons. The first-order valence-electron chi connectivity index (χ1n) is 8.40. The Balaban J connectivity index is 1.54. The molecule has 1 atom stereocenters. The maximum absolute atomic E-state index is 14.1. The van der Waals surface area contributed by atoms with E-state index in [1.54, 1.807) is 25.1 Å². The summed E-state index contributed by atoms with van der Waals surface area (Å²) in [6.45, 7) is 3.02. The molecule has 0 amide bonds. The second kappa shape index (κ2) is 8.02. The van der Waals surface area contributed by atoms with Gasteiger partial charge in [0.1, 0.15) is 17.0 Å². The van der Waals surface area contributed by atoms with E-state index in [0.29, 0.717) is 28.9 Å². The molecule has 0 spiro atoms. The maximum atomic E-state index is 14.1. The highest BCUT2D eigenvalue weighted by molar-refractivity contribution is 7.97. The van der Waals surface area contributed by atoms with Crippen molar-refractivity contribution in [1.82, 2.24) is 4.31 Å². The molecule has 8 heteroatoms. The first-order valence-corrected chi connectivity index (χ1v) is 9.93. The number of nitrogens with zero attached hydrogens (tertiary/aromatic N) is 2. The van der Waals surface area contributed by atoms with Crippen LogP contribution in [0.4, 0.5) is 4.39 Å². The molecule has 1 aromatic carbocycles. The van der Waals surface area contributed by atoms with Crippen molar-refractivity contribution in [3.8, 4) is 6.07 Å². The Hall–Kier alpha value is -1.23. The Labute approximate surface area is 172 Å². The van der Waals surface area contributed by atoms with Crippen LogP contribution in [0.1, 0.15) is 13.3 Å². The van der Waals surface area contributed by atoms with E-state index in [2.05, 4.69) is 4.31 Å². The fourth-order valence-electron chi connectivity index (χ4n) is 2.87. The Kier molecular flexibility index (Phi) is 6.09.